The predicted octanol–water partition coefficient (Wildman–Crippen LogP) is 1.59. The van der Waals surface area contributed by atoms with Crippen LogP contribution in [0.15, 0.2) is 0 Å². The number of rotatable bonds is 0. The van der Waals surface area contributed by atoms with Crippen LogP contribution in [0.5, 0.6) is 0 Å². The van der Waals surface area contributed by atoms with Gasteiger partial charge in [0.05, 0.1) is 0 Å². The van der Waals surface area contributed by atoms with Gasteiger partial charge in [-0.2, -0.15) is 0 Å². The maximum absolute atomic E-state index is 2.25. The fourth-order valence-electron chi connectivity index (χ4n) is 0. The summed E-state index contributed by atoms with van der Waals surface area (Å²) in [6, 6.07) is 0. The summed E-state index contributed by atoms with van der Waals surface area (Å²) in [5.41, 5.74) is 0. The van der Waals surface area contributed by atoms with Crippen LogP contribution in [0, 0.1) is 12.8 Å². The first-order chi connectivity index (χ1) is 3.00. The molecule has 0 saturated heterocycles. The molecule has 0 nitrogen and oxygen atoms in total. The first kappa shape index (κ1) is 7.77. The Morgan fingerprint density at radius 3 is 0.857 bits per heavy atom. The van der Waals surface area contributed by atoms with Gasteiger partial charge in [0.1, 0.15) is 0 Å². The van der Waals surface area contributed by atoms with Crippen LogP contribution in [0.3, 0.4) is 0 Å². The van der Waals surface area contributed by atoms with E-state index in [-0.39, 0.29) is 23.1 Å². The molecule has 0 N–H and O–H groups in total. The summed E-state index contributed by atoms with van der Waals surface area (Å²) in [4.78, 5) is 0. The third kappa shape index (κ3) is 20.1. The van der Waals surface area contributed by atoms with Gasteiger partial charge >= 0.3 is 23.1 Å². The second-order valence-electron chi connectivity index (χ2n) is 1.73. The molecular formula is C6H10Mg. The zero-order chi connectivity index (χ0) is 4.24. The predicted molar refractivity (Wildman–Crippen MR) is 32.8 cm³/mol. The zero-order valence-corrected chi connectivity index (χ0v) is 6.10. The van der Waals surface area contributed by atoms with Crippen molar-refractivity contribution in [2.24, 2.45) is 0 Å². The Morgan fingerprint density at radius 2 is 0.857 bits per heavy atom. The van der Waals surface area contributed by atoms with Gasteiger partial charge in [0.2, 0.25) is 0 Å². The maximum Gasteiger partial charge on any atom is 2.00 e. The van der Waals surface area contributed by atoms with Crippen LogP contribution in [0.25, 0.3) is 0 Å². The van der Waals surface area contributed by atoms with E-state index >= 15 is 0 Å². The quantitative estimate of drug-likeness (QED) is 0.325. The van der Waals surface area contributed by atoms with Crippen molar-refractivity contribution >= 4 is 23.1 Å². The van der Waals surface area contributed by atoms with Crippen LogP contribution in [-0.4, -0.2) is 23.1 Å². The van der Waals surface area contributed by atoms with Gasteiger partial charge in [0.25, 0.3) is 0 Å². The minimum atomic E-state index is 0. The second-order valence-corrected chi connectivity index (χ2v) is 1.73. The molecule has 0 unspecified atom stereocenters. The molecule has 0 amide bonds. The van der Waals surface area contributed by atoms with Crippen molar-refractivity contribution in [3.63, 3.8) is 0 Å². The van der Waals surface area contributed by atoms with Crippen molar-refractivity contribution in [3.05, 3.63) is 12.8 Å². The zero-order valence-electron chi connectivity index (χ0n) is 4.69. The van der Waals surface area contributed by atoms with Crippen molar-refractivity contribution in [1.29, 1.82) is 0 Å². The average molecular weight is 106 g/mol. The molecule has 0 heterocycles. The molecule has 0 bridgehead atoms. The molecule has 0 aromatic rings. The van der Waals surface area contributed by atoms with E-state index in [1.54, 1.807) is 0 Å². The summed E-state index contributed by atoms with van der Waals surface area (Å²) in [5, 5.41) is 0. The van der Waals surface area contributed by atoms with Gasteiger partial charge in [0, 0.05) is 0 Å². The molecule has 1 heteroatoms. The Bertz CT molecular complexity index is 19.7. The van der Waals surface area contributed by atoms with E-state index < -0.39 is 0 Å². The summed E-state index contributed by atoms with van der Waals surface area (Å²) in [7, 11) is 0. The molecule has 7 heavy (non-hydrogen) atoms. The molecule has 0 atom stereocenters. The average Bonchev–Trinajstić information content (AvgIpc) is 2.31. The molecule has 2 rings (SSSR count). The van der Waals surface area contributed by atoms with Crippen LogP contribution >= 0.6 is 0 Å². The normalized spacial score (nSPS) is 20.6. The van der Waals surface area contributed by atoms with E-state index in [1.807, 2.05) is 0 Å². The minimum absolute atomic E-state index is 0. The van der Waals surface area contributed by atoms with Gasteiger partial charge in [-0.3, -0.25) is 0 Å². The fourth-order valence-corrected chi connectivity index (χ4v) is 0. The van der Waals surface area contributed by atoms with Crippen LogP contribution in [-0.2, 0) is 0 Å². The Morgan fingerprint density at radius 1 is 0.714 bits per heavy atom. The first-order valence-corrected chi connectivity index (χ1v) is 2.63. The SMILES string of the molecule is [CH-]1CC1.[CH-]1CC1.[Mg+2]. The van der Waals surface area contributed by atoms with Crippen molar-refractivity contribution in [1.82, 2.24) is 0 Å². The molecule has 2 saturated carbocycles. The van der Waals surface area contributed by atoms with Crippen molar-refractivity contribution in [2.75, 3.05) is 0 Å². The first-order valence-electron chi connectivity index (χ1n) is 2.63. The molecule has 0 aliphatic heterocycles. The van der Waals surface area contributed by atoms with E-state index in [2.05, 4.69) is 12.8 Å². The Hall–Kier alpha value is 0.766. The van der Waals surface area contributed by atoms with E-state index in [0.717, 1.165) is 0 Å². The van der Waals surface area contributed by atoms with Crippen LogP contribution < -0.4 is 0 Å². The van der Waals surface area contributed by atoms with Gasteiger partial charge in [-0.25, -0.2) is 25.7 Å². The molecule has 36 valence electrons. The second kappa shape index (κ2) is 4.91. The fraction of sp³-hybridized carbons (Fsp3) is 0.667. The molecule has 0 aromatic heterocycles. The van der Waals surface area contributed by atoms with E-state index in [9.17, 15) is 0 Å². The van der Waals surface area contributed by atoms with Gasteiger partial charge in [-0.05, 0) is 0 Å². The summed E-state index contributed by atoms with van der Waals surface area (Å²) in [5.74, 6) is 0. The molecule has 0 aromatic carbocycles. The Labute approximate surface area is 61.8 Å². The summed E-state index contributed by atoms with van der Waals surface area (Å²) in [6.07, 6.45) is 10.0. The standard InChI is InChI=1S/2C3H5.Mg/c2*1-2-3-1;/h2*1H,2-3H2;/q2*-1;+2. The van der Waals surface area contributed by atoms with Gasteiger partial charge in [0.15, 0.2) is 0 Å². The molecule has 0 spiro atoms. The van der Waals surface area contributed by atoms with E-state index in [0.29, 0.717) is 0 Å². The largest absolute Gasteiger partial charge is 2.00 e. The molecule has 0 radical (unpaired) electrons. The Kier molecular flexibility index (Phi) is 5.45. The summed E-state index contributed by atoms with van der Waals surface area (Å²) in [6.45, 7) is 0. The minimum Gasteiger partial charge on any atom is -0.333 e. The van der Waals surface area contributed by atoms with E-state index in [1.165, 1.54) is 25.7 Å². The third-order valence-corrected chi connectivity index (χ3v) is 0.577. The van der Waals surface area contributed by atoms with Gasteiger partial charge in [-0.1, -0.05) is 0 Å². The summed E-state index contributed by atoms with van der Waals surface area (Å²) >= 11 is 0. The maximum atomic E-state index is 2.25. The van der Waals surface area contributed by atoms with E-state index in [4.69, 9.17) is 0 Å². The molecule has 2 fully saturated rings. The van der Waals surface area contributed by atoms with Crippen molar-refractivity contribution in [3.8, 4) is 0 Å². The topological polar surface area (TPSA) is 0 Å². The molecular weight excluding hydrogens is 96.4 g/mol. The number of hydrogen-bond donors (Lipinski definition) is 0. The molecule has 2 aliphatic carbocycles. The van der Waals surface area contributed by atoms with Gasteiger partial charge in [-0.15, -0.1) is 0 Å². The van der Waals surface area contributed by atoms with Crippen molar-refractivity contribution in [2.45, 2.75) is 25.7 Å². The van der Waals surface area contributed by atoms with Crippen LogP contribution in [0.2, 0.25) is 0 Å². The third-order valence-electron chi connectivity index (χ3n) is 0.577. The van der Waals surface area contributed by atoms with Crippen LogP contribution in [0.4, 0.5) is 0 Å². The van der Waals surface area contributed by atoms with Crippen LogP contribution in [0.1, 0.15) is 25.7 Å². The Balaban J connectivity index is 0.0000000900. The molecule has 2 aliphatic rings. The van der Waals surface area contributed by atoms with Gasteiger partial charge < -0.3 is 12.8 Å². The van der Waals surface area contributed by atoms with Crippen molar-refractivity contribution < 1.29 is 0 Å². The number of hydrogen-bond acceptors (Lipinski definition) is 0. The summed E-state index contributed by atoms with van der Waals surface area (Å²) < 4.78 is 0. The monoisotopic (exact) mass is 106 g/mol. The smallest absolute Gasteiger partial charge is 0.333 e.